The van der Waals surface area contributed by atoms with E-state index in [2.05, 4.69) is 48.6 Å². The average Bonchev–Trinajstić information content (AvgIpc) is 2.64. The molecule has 1 nitrogen and oxygen atoms in total. The summed E-state index contributed by atoms with van der Waals surface area (Å²) in [4.78, 5) is 0. The molecule has 0 spiro atoms. The molecule has 0 heterocycles. The van der Waals surface area contributed by atoms with Crippen LogP contribution in [0, 0.1) is 0 Å². The minimum atomic E-state index is 0.504. The topological polar surface area (TPSA) is 9.23 Å². The molecule has 0 N–H and O–H groups in total. The normalized spacial score (nSPS) is 21.5. The van der Waals surface area contributed by atoms with E-state index in [1.165, 1.54) is 16.7 Å². The van der Waals surface area contributed by atoms with E-state index < -0.39 is 0 Å². The third-order valence-electron chi connectivity index (χ3n) is 3.81. The van der Waals surface area contributed by atoms with Gasteiger partial charge in [-0.1, -0.05) is 54.1 Å². The van der Waals surface area contributed by atoms with Crippen molar-refractivity contribution in [2.75, 3.05) is 13.7 Å². The molecule has 1 aromatic rings. The molecule has 0 bridgehead atoms. The number of rotatable bonds is 2. The molecule has 0 saturated heterocycles. The van der Waals surface area contributed by atoms with Gasteiger partial charge in [-0.3, -0.25) is 0 Å². The van der Waals surface area contributed by atoms with E-state index >= 15 is 0 Å². The maximum absolute atomic E-state index is 5.39. The van der Waals surface area contributed by atoms with Crippen molar-refractivity contribution in [1.29, 1.82) is 0 Å². The Balaban J connectivity index is 2.10. The second-order valence-electron chi connectivity index (χ2n) is 4.95. The van der Waals surface area contributed by atoms with Crippen molar-refractivity contribution in [3.05, 3.63) is 65.3 Å². The zero-order valence-electron chi connectivity index (χ0n) is 10.7. The molecular formula is C17H18O. The standard InChI is InChI=1S/C17H18O/c1-18-12-14-11-13-7-3-2-4-8-15(13)17-10-6-5-9-16(14)17/h2-6,8-10,14H,7,11-12H2,1H3. The van der Waals surface area contributed by atoms with E-state index in [1.807, 2.05) is 0 Å². The second kappa shape index (κ2) is 4.95. The van der Waals surface area contributed by atoms with Gasteiger partial charge in [-0.25, -0.2) is 0 Å². The first-order valence-corrected chi connectivity index (χ1v) is 6.53. The third-order valence-corrected chi connectivity index (χ3v) is 3.81. The van der Waals surface area contributed by atoms with Gasteiger partial charge in [0, 0.05) is 13.0 Å². The van der Waals surface area contributed by atoms with Crippen LogP contribution in [0.3, 0.4) is 0 Å². The molecule has 0 aromatic heterocycles. The van der Waals surface area contributed by atoms with Gasteiger partial charge in [0.25, 0.3) is 0 Å². The molecule has 1 unspecified atom stereocenters. The SMILES string of the molecule is COCC1CC2=C(C=CC=CC2)c2ccccc21. The fourth-order valence-electron chi connectivity index (χ4n) is 3.00. The van der Waals surface area contributed by atoms with Crippen molar-refractivity contribution in [2.45, 2.75) is 18.8 Å². The zero-order valence-corrected chi connectivity index (χ0v) is 10.7. The maximum Gasteiger partial charge on any atom is 0.0534 e. The molecule has 18 heavy (non-hydrogen) atoms. The summed E-state index contributed by atoms with van der Waals surface area (Å²) in [6.45, 7) is 0.807. The number of benzene rings is 1. The highest BCUT2D eigenvalue weighted by molar-refractivity contribution is 5.81. The molecule has 0 fully saturated rings. The van der Waals surface area contributed by atoms with Crippen LogP contribution >= 0.6 is 0 Å². The maximum atomic E-state index is 5.39. The number of allylic oxidation sites excluding steroid dienone is 6. The predicted molar refractivity (Wildman–Crippen MR) is 75.5 cm³/mol. The molecule has 1 heteroatoms. The number of fused-ring (bicyclic) bond motifs is 2. The Hall–Kier alpha value is -1.60. The number of methoxy groups -OCH3 is 1. The summed E-state index contributed by atoms with van der Waals surface area (Å²) in [5.41, 5.74) is 5.79. The summed E-state index contributed by atoms with van der Waals surface area (Å²) in [5.74, 6) is 0.504. The average molecular weight is 238 g/mol. The summed E-state index contributed by atoms with van der Waals surface area (Å²) in [6, 6.07) is 8.74. The molecule has 2 aliphatic rings. The van der Waals surface area contributed by atoms with Gasteiger partial charge in [0.1, 0.15) is 0 Å². The van der Waals surface area contributed by atoms with Crippen molar-refractivity contribution in [3.63, 3.8) is 0 Å². The van der Waals surface area contributed by atoms with Gasteiger partial charge in [0.05, 0.1) is 6.61 Å². The number of hydrogen-bond acceptors (Lipinski definition) is 1. The van der Waals surface area contributed by atoms with Crippen LogP contribution in [0.2, 0.25) is 0 Å². The van der Waals surface area contributed by atoms with Gasteiger partial charge in [-0.2, -0.15) is 0 Å². The first-order chi connectivity index (χ1) is 8.90. The second-order valence-corrected chi connectivity index (χ2v) is 4.95. The quantitative estimate of drug-likeness (QED) is 0.754. The molecule has 1 atom stereocenters. The number of hydrogen-bond donors (Lipinski definition) is 0. The molecule has 2 aliphatic carbocycles. The first kappa shape index (κ1) is 11.5. The van der Waals surface area contributed by atoms with Crippen LogP contribution in [-0.2, 0) is 4.74 Å². The van der Waals surface area contributed by atoms with Crippen LogP contribution in [0.4, 0.5) is 0 Å². The number of ether oxygens (including phenoxy) is 1. The van der Waals surface area contributed by atoms with Gasteiger partial charge in [-0.15, -0.1) is 0 Å². The van der Waals surface area contributed by atoms with E-state index in [0.717, 1.165) is 19.4 Å². The van der Waals surface area contributed by atoms with E-state index in [1.54, 1.807) is 12.7 Å². The summed E-state index contributed by atoms with van der Waals surface area (Å²) < 4.78 is 5.39. The van der Waals surface area contributed by atoms with Gasteiger partial charge >= 0.3 is 0 Å². The highest BCUT2D eigenvalue weighted by Gasteiger charge is 2.24. The zero-order chi connectivity index (χ0) is 12.4. The first-order valence-electron chi connectivity index (χ1n) is 6.53. The van der Waals surface area contributed by atoms with Crippen LogP contribution in [0.1, 0.15) is 29.9 Å². The Morgan fingerprint density at radius 2 is 2.11 bits per heavy atom. The lowest BCUT2D eigenvalue weighted by Gasteiger charge is -2.28. The predicted octanol–water partition coefficient (Wildman–Crippen LogP) is 4.09. The molecule has 0 amide bonds. The molecule has 0 aliphatic heterocycles. The third kappa shape index (κ3) is 1.95. The lowest BCUT2D eigenvalue weighted by molar-refractivity contribution is 0.178. The lowest BCUT2D eigenvalue weighted by atomic mass is 9.78. The van der Waals surface area contributed by atoms with Crippen LogP contribution in [0.5, 0.6) is 0 Å². The molecule has 1 aromatic carbocycles. The Morgan fingerprint density at radius 1 is 1.22 bits per heavy atom. The van der Waals surface area contributed by atoms with Gasteiger partial charge < -0.3 is 4.74 Å². The van der Waals surface area contributed by atoms with Gasteiger partial charge in [0.15, 0.2) is 0 Å². The summed E-state index contributed by atoms with van der Waals surface area (Å²) in [5, 5.41) is 0. The van der Waals surface area contributed by atoms with Crippen molar-refractivity contribution >= 4 is 5.57 Å². The summed E-state index contributed by atoms with van der Waals surface area (Å²) in [6.07, 6.45) is 11.0. The van der Waals surface area contributed by atoms with Crippen molar-refractivity contribution in [3.8, 4) is 0 Å². The summed E-state index contributed by atoms with van der Waals surface area (Å²) in [7, 11) is 1.79. The van der Waals surface area contributed by atoms with Crippen molar-refractivity contribution in [2.24, 2.45) is 0 Å². The smallest absolute Gasteiger partial charge is 0.0534 e. The fraction of sp³-hybridized carbons (Fsp3) is 0.294. The van der Waals surface area contributed by atoms with Crippen LogP contribution in [-0.4, -0.2) is 13.7 Å². The largest absolute Gasteiger partial charge is 0.384 e. The van der Waals surface area contributed by atoms with Crippen LogP contribution in [0.15, 0.2) is 54.1 Å². The lowest BCUT2D eigenvalue weighted by Crippen LogP contribution is -2.14. The van der Waals surface area contributed by atoms with Crippen LogP contribution < -0.4 is 0 Å². The summed E-state index contributed by atoms with van der Waals surface area (Å²) >= 11 is 0. The molecule has 0 saturated carbocycles. The van der Waals surface area contributed by atoms with Crippen molar-refractivity contribution in [1.82, 2.24) is 0 Å². The Labute approximate surface area is 108 Å². The Bertz CT molecular complexity index is 534. The Kier molecular flexibility index (Phi) is 3.16. The van der Waals surface area contributed by atoms with E-state index in [4.69, 9.17) is 4.74 Å². The minimum absolute atomic E-state index is 0.504. The Morgan fingerprint density at radius 3 is 3.00 bits per heavy atom. The fourth-order valence-corrected chi connectivity index (χ4v) is 3.00. The molecular weight excluding hydrogens is 220 g/mol. The molecule has 92 valence electrons. The van der Waals surface area contributed by atoms with Crippen molar-refractivity contribution < 1.29 is 4.74 Å². The monoisotopic (exact) mass is 238 g/mol. The molecule has 3 rings (SSSR count). The van der Waals surface area contributed by atoms with E-state index in [-0.39, 0.29) is 0 Å². The van der Waals surface area contributed by atoms with E-state index in [9.17, 15) is 0 Å². The minimum Gasteiger partial charge on any atom is -0.384 e. The highest BCUT2D eigenvalue weighted by atomic mass is 16.5. The highest BCUT2D eigenvalue weighted by Crippen LogP contribution is 2.41. The van der Waals surface area contributed by atoms with Crippen LogP contribution in [0.25, 0.3) is 5.57 Å². The van der Waals surface area contributed by atoms with Gasteiger partial charge in [0.2, 0.25) is 0 Å². The molecule has 0 radical (unpaired) electrons. The van der Waals surface area contributed by atoms with E-state index in [0.29, 0.717) is 5.92 Å². The van der Waals surface area contributed by atoms with Gasteiger partial charge in [-0.05, 0) is 29.5 Å².